The lowest BCUT2D eigenvalue weighted by molar-refractivity contribution is -0.138. The lowest BCUT2D eigenvalue weighted by atomic mass is 10.1. The van der Waals surface area contributed by atoms with Crippen LogP contribution in [-0.2, 0) is 14.8 Å². The van der Waals surface area contributed by atoms with E-state index in [-0.39, 0.29) is 4.90 Å². The van der Waals surface area contributed by atoms with Crippen molar-refractivity contribution in [1.29, 1.82) is 0 Å². The molecule has 0 aliphatic heterocycles. The summed E-state index contributed by atoms with van der Waals surface area (Å²) in [7, 11) is -4.06. The Balaban J connectivity index is 1.36. The molecular weight excluding hydrogens is 470 g/mol. The normalized spacial score (nSPS) is 12.6. The third-order valence-corrected chi connectivity index (χ3v) is 6.49. The third-order valence-electron chi connectivity index (χ3n) is 5.00. The van der Waals surface area contributed by atoms with Gasteiger partial charge < -0.3 is 15.4 Å². The summed E-state index contributed by atoms with van der Waals surface area (Å²) in [6, 6.07) is 16.2. The summed E-state index contributed by atoms with van der Waals surface area (Å²) in [5.74, 6) is -1.31. The Morgan fingerprint density at radius 2 is 1.74 bits per heavy atom. The number of benzene rings is 2. The van der Waals surface area contributed by atoms with Crippen molar-refractivity contribution in [2.24, 2.45) is 0 Å². The zero-order chi connectivity index (χ0) is 24.8. The molecule has 0 radical (unpaired) electrons. The largest absolute Gasteiger partial charge is 0.480 e. The second-order valence-corrected chi connectivity index (χ2v) is 9.20. The summed E-state index contributed by atoms with van der Waals surface area (Å²) in [5.41, 5.74) is 2.55. The van der Waals surface area contributed by atoms with Gasteiger partial charge in [-0.3, -0.25) is 9.59 Å². The van der Waals surface area contributed by atoms with Crippen LogP contribution in [0.25, 0.3) is 23.3 Å². The van der Waals surface area contributed by atoms with Crippen LogP contribution in [0, 0.1) is 0 Å². The molecule has 4 rings (SSSR count). The highest BCUT2D eigenvalue weighted by molar-refractivity contribution is 7.89. The summed E-state index contributed by atoms with van der Waals surface area (Å²) in [5, 5.41) is 11.9. The van der Waals surface area contributed by atoms with Crippen LogP contribution in [0.15, 0.2) is 77.8 Å². The summed E-state index contributed by atoms with van der Waals surface area (Å²) < 4.78 is 26.9. The molecule has 2 aromatic carbocycles. The molecule has 11 heteroatoms. The summed E-state index contributed by atoms with van der Waals surface area (Å²) >= 11 is 0. The minimum atomic E-state index is -4.06. The highest BCUT2D eigenvalue weighted by Crippen LogP contribution is 2.12. The number of fused-ring (bicyclic) bond motifs is 1. The average molecular weight is 492 g/mol. The topological polar surface area (TPSA) is 154 Å². The van der Waals surface area contributed by atoms with E-state index in [1.807, 2.05) is 18.2 Å². The molecule has 2 heterocycles. The maximum absolute atomic E-state index is 12.5. The van der Waals surface area contributed by atoms with Gasteiger partial charge in [0.25, 0.3) is 5.91 Å². The average Bonchev–Trinajstić information content (AvgIpc) is 3.29. The predicted octanol–water partition coefficient (Wildman–Crippen LogP) is 2.29. The van der Waals surface area contributed by atoms with Crippen LogP contribution in [0.4, 0.5) is 0 Å². The SMILES string of the molecule is O=C(NCC(NS(=O)(=O)c1ccccc1)C(=O)O)c1ccc(/C=C/c2nc3ncccc3[nH]2)cc1. The molecule has 10 nitrogen and oxygen atoms in total. The fourth-order valence-electron chi connectivity index (χ4n) is 3.19. The Hall–Kier alpha value is -4.35. The molecule has 0 aliphatic rings. The molecule has 4 aromatic rings. The number of pyridine rings is 1. The quantitative estimate of drug-likeness (QED) is 0.280. The lowest BCUT2D eigenvalue weighted by Gasteiger charge is -2.15. The molecule has 2 aromatic heterocycles. The van der Waals surface area contributed by atoms with Crippen LogP contribution in [0.3, 0.4) is 0 Å². The van der Waals surface area contributed by atoms with Crippen molar-refractivity contribution in [2.75, 3.05) is 6.54 Å². The number of carboxylic acids is 1. The third kappa shape index (κ3) is 5.96. The Morgan fingerprint density at radius 3 is 2.43 bits per heavy atom. The monoisotopic (exact) mass is 491 g/mol. The van der Waals surface area contributed by atoms with E-state index in [0.717, 1.165) is 11.1 Å². The summed E-state index contributed by atoms with van der Waals surface area (Å²) in [6.45, 7) is -0.429. The number of nitrogens with zero attached hydrogens (tertiary/aromatic N) is 2. The second-order valence-electron chi connectivity index (χ2n) is 7.49. The molecule has 0 fully saturated rings. The standard InChI is InChI=1S/C24H21N5O5S/c30-23(26-15-20(24(31)32)29-35(33,34)18-5-2-1-3-6-18)17-11-8-16(9-12-17)10-13-21-27-19-7-4-14-25-22(19)28-21/h1-14,20,29H,15H2,(H,26,30)(H,31,32)(H,25,27,28)/b13-10+. The number of imidazole rings is 1. The van der Waals surface area contributed by atoms with Gasteiger partial charge >= 0.3 is 5.97 Å². The van der Waals surface area contributed by atoms with Gasteiger partial charge in [-0.2, -0.15) is 4.72 Å². The number of nitrogens with one attached hydrogen (secondary N) is 3. The van der Waals surface area contributed by atoms with E-state index in [1.54, 1.807) is 42.6 Å². The van der Waals surface area contributed by atoms with Gasteiger partial charge in [0.2, 0.25) is 10.0 Å². The molecular formula is C24H21N5O5S. The number of amides is 1. The number of rotatable bonds is 9. The first-order chi connectivity index (χ1) is 16.8. The molecule has 1 unspecified atom stereocenters. The number of aromatic nitrogens is 3. The molecule has 35 heavy (non-hydrogen) atoms. The zero-order valence-electron chi connectivity index (χ0n) is 18.3. The fraction of sp³-hybridized carbons (Fsp3) is 0.0833. The highest BCUT2D eigenvalue weighted by Gasteiger charge is 2.26. The number of H-pyrrole nitrogens is 1. The molecule has 0 saturated carbocycles. The first-order valence-corrected chi connectivity index (χ1v) is 12.0. The van der Waals surface area contributed by atoms with Crippen LogP contribution >= 0.6 is 0 Å². The van der Waals surface area contributed by atoms with Gasteiger partial charge in [0.1, 0.15) is 11.9 Å². The van der Waals surface area contributed by atoms with Crippen molar-refractivity contribution in [3.05, 3.63) is 89.9 Å². The lowest BCUT2D eigenvalue weighted by Crippen LogP contribution is -2.48. The number of carbonyl (C=O) groups excluding carboxylic acids is 1. The zero-order valence-corrected chi connectivity index (χ0v) is 19.1. The van der Waals surface area contributed by atoms with E-state index in [1.165, 1.54) is 24.3 Å². The fourth-order valence-corrected chi connectivity index (χ4v) is 4.40. The molecule has 0 bridgehead atoms. The van der Waals surface area contributed by atoms with Crippen LogP contribution < -0.4 is 10.0 Å². The maximum atomic E-state index is 12.5. The molecule has 1 amide bonds. The number of carbonyl (C=O) groups is 2. The molecule has 178 valence electrons. The van der Waals surface area contributed by atoms with Crippen molar-refractivity contribution in [3.8, 4) is 0 Å². The van der Waals surface area contributed by atoms with Crippen LogP contribution in [0.5, 0.6) is 0 Å². The first-order valence-electron chi connectivity index (χ1n) is 10.5. The van der Waals surface area contributed by atoms with E-state index in [0.29, 0.717) is 17.0 Å². The van der Waals surface area contributed by atoms with Crippen molar-refractivity contribution < 1.29 is 23.1 Å². The molecule has 4 N–H and O–H groups in total. The Morgan fingerprint density at radius 1 is 1.00 bits per heavy atom. The summed E-state index contributed by atoms with van der Waals surface area (Å²) in [4.78, 5) is 35.6. The van der Waals surface area contributed by atoms with Gasteiger partial charge in [-0.25, -0.2) is 18.4 Å². The van der Waals surface area contributed by atoms with E-state index < -0.39 is 34.5 Å². The highest BCUT2D eigenvalue weighted by atomic mass is 32.2. The van der Waals surface area contributed by atoms with Crippen LogP contribution in [0.1, 0.15) is 21.7 Å². The first kappa shape index (κ1) is 23.8. The minimum Gasteiger partial charge on any atom is -0.480 e. The molecule has 0 aliphatic carbocycles. The van der Waals surface area contributed by atoms with Gasteiger partial charge in [-0.05, 0) is 48.0 Å². The van der Waals surface area contributed by atoms with E-state index in [9.17, 15) is 23.1 Å². The van der Waals surface area contributed by atoms with Crippen LogP contribution in [0.2, 0.25) is 0 Å². The van der Waals surface area contributed by atoms with Crippen molar-refractivity contribution >= 4 is 45.2 Å². The molecule has 0 spiro atoms. The molecule has 0 saturated heterocycles. The maximum Gasteiger partial charge on any atom is 0.323 e. The summed E-state index contributed by atoms with van der Waals surface area (Å²) in [6.07, 6.45) is 5.27. The van der Waals surface area contributed by atoms with Gasteiger partial charge in [-0.1, -0.05) is 36.4 Å². The Bertz CT molecular complexity index is 1450. The predicted molar refractivity (Wildman–Crippen MR) is 130 cm³/mol. The van der Waals surface area contributed by atoms with Gasteiger partial charge in [0, 0.05) is 18.3 Å². The van der Waals surface area contributed by atoms with E-state index in [4.69, 9.17) is 0 Å². The van der Waals surface area contributed by atoms with Gasteiger partial charge in [0.05, 0.1) is 10.4 Å². The second kappa shape index (κ2) is 10.3. The van der Waals surface area contributed by atoms with Crippen molar-refractivity contribution in [1.82, 2.24) is 25.0 Å². The minimum absolute atomic E-state index is 0.0693. The molecule has 1 atom stereocenters. The number of sulfonamides is 1. The Labute approximate surface area is 200 Å². The van der Waals surface area contributed by atoms with E-state index >= 15 is 0 Å². The number of carboxylic acid groups (broad SMARTS) is 1. The van der Waals surface area contributed by atoms with Crippen LogP contribution in [-0.4, -0.2) is 52.9 Å². The Kier molecular flexibility index (Phi) is 6.99. The number of hydrogen-bond acceptors (Lipinski definition) is 6. The number of aliphatic carboxylic acids is 1. The number of aromatic amines is 1. The van der Waals surface area contributed by atoms with Crippen molar-refractivity contribution in [2.45, 2.75) is 10.9 Å². The van der Waals surface area contributed by atoms with Crippen molar-refractivity contribution in [3.63, 3.8) is 0 Å². The smallest absolute Gasteiger partial charge is 0.323 e. The van der Waals surface area contributed by atoms with Gasteiger partial charge in [-0.15, -0.1) is 0 Å². The van der Waals surface area contributed by atoms with Gasteiger partial charge in [0.15, 0.2) is 5.65 Å². The number of hydrogen-bond donors (Lipinski definition) is 4. The van der Waals surface area contributed by atoms with E-state index in [2.05, 4.69) is 25.0 Å².